The van der Waals surface area contributed by atoms with Gasteiger partial charge in [-0.15, -0.1) is 0 Å². The second kappa shape index (κ2) is 6.54. The second-order valence-corrected chi connectivity index (χ2v) is 5.05. The molecule has 0 aliphatic carbocycles. The number of aliphatic hydroxyl groups excluding tert-OH is 1. The molecule has 0 bridgehead atoms. The standard InChI is InChI=1S/C14H22N2O3/c1-10(2)16-14(3,13(15)18)9-19-12-7-5-4-6-11(12)8-17/h4-7,10,16-17H,8-9H2,1-3H3,(H2,15,18). The van der Waals surface area contributed by atoms with Crippen LogP contribution in [0.1, 0.15) is 26.3 Å². The van der Waals surface area contributed by atoms with Crippen molar-refractivity contribution in [1.82, 2.24) is 5.32 Å². The number of carbonyl (C=O) groups excluding carboxylic acids is 1. The van der Waals surface area contributed by atoms with Gasteiger partial charge < -0.3 is 15.6 Å². The Morgan fingerprint density at radius 1 is 1.47 bits per heavy atom. The lowest BCUT2D eigenvalue weighted by molar-refractivity contribution is -0.125. The maximum atomic E-state index is 11.6. The van der Waals surface area contributed by atoms with E-state index in [1.54, 1.807) is 19.1 Å². The van der Waals surface area contributed by atoms with E-state index >= 15 is 0 Å². The Hall–Kier alpha value is -1.59. The van der Waals surface area contributed by atoms with Crippen LogP contribution in [0.2, 0.25) is 0 Å². The van der Waals surface area contributed by atoms with Crippen molar-refractivity contribution in [3.05, 3.63) is 29.8 Å². The van der Waals surface area contributed by atoms with E-state index in [9.17, 15) is 9.90 Å². The molecule has 1 unspecified atom stereocenters. The predicted molar refractivity (Wildman–Crippen MR) is 73.7 cm³/mol. The van der Waals surface area contributed by atoms with Crippen LogP contribution >= 0.6 is 0 Å². The average Bonchev–Trinajstić information content (AvgIpc) is 2.35. The first-order chi connectivity index (χ1) is 8.89. The van der Waals surface area contributed by atoms with Crippen LogP contribution in [0.4, 0.5) is 0 Å². The summed E-state index contributed by atoms with van der Waals surface area (Å²) in [5.41, 5.74) is 5.15. The van der Waals surface area contributed by atoms with Crippen LogP contribution in [0.3, 0.4) is 0 Å². The third-order valence-electron chi connectivity index (χ3n) is 2.81. The molecule has 1 aromatic carbocycles. The third kappa shape index (κ3) is 4.22. The lowest BCUT2D eigenvalue weighted by atomic mass is 10.0. The highest BCUT2D eigenvalue weighted by Crippen LogP contribution is 2.19. The quantitative estimate of drug-likeness (QED) is 0.681. The number of amides is 1. The fraction of sp³-hybridized carbons (Fsp3) is 0.500. The van der Waals surface area contributed by atoms with E-state index in [1.165, 1.54) is 0 Å². The van der Waals surface area contributed by atoms with Crippen molar-refractivity contribution in [2.75, 3.05) is 6.61 Å². The van der Waals surface area contributed by atoms with Crippen molar-refractivity contribution >= 4 is 5.91 Å². The van der Waals surface area contributed by atoms with Crippen molar-refractivity contribution in [1.29, 1.82) is 0 Å². The molecule has 0 saturated heterocycles. The molecule has 0 radical (unpaired) electrons. The number of hydrogen-bond donors (Lipinski definition) is 3. The molecule has 1 atom stereocenters. The van der Waals surface area contributed by atoms with E-state index in [0.717, 1.165) is 0 Å². The van der Waals surface area contributed by atoms with Crippen LogP contribution in [0.5, 0.6) is 5.75 Å². The molecule has 1 aromatic rings. The number of hydrogen-bond acceptors (Lipinski definition) is 4. The monoisotopic (exact) mass is 266 g/mol. The maximum absolute atomic E-state index is 11.6. The van der Waals surface area contributed by atoms with Crippen LogP contribution in [-0.2, 0) is 11.4 Å². The summed E-state index contributed by atoms with van der Waals surface area (Å²) in [7, 11) is 0. The Balaban J connectivity index is 2.79. The van der Waals surface area contributed by atoms with Gasteiger partial charge in [-0.3, -0.25) is 10.1 Å². The van der Waals surface area contributed by atoms with E-state index in [2.05, 4.69) is 5.32 Å². The molecule has 1 amide bonds. The third-order valence-corrected chi connectivity index (χ3v) is 2.81. The van der Waals surface area contributed by atoms with Gasteiger partial charge in [-0.25, -0.2) is 0 Å². The zero-order valence-corrected chi connectivity index (χ0v) is 11.6. The summed E-state index contributed by atoms with van der Waals surface area (Å²) in [6.07, 6.45) is 0. The summed E-state index contributed by atoms with van der Waals surface area (Å²) in [6, 6.07) is 7.26. The smallest absolute Gasteiger partial charge is 0.240 e. The van der Waals surface area contributed by atoms with E-state index in [4.69, 9.17) is 10.5 Å². The highest BCUT2D eigenvalue weighted by molar-refractivity contribution is 5.84. The number of primary amides is 1. The summed E-state index contributed by atoms with van der Waals surface area (Å²) in [5.74, 6) is 0.0886. The first kappa shape index (κ1) is 15.5. The Bertz CT molecular complexity index is 434. The molecule has 19 heavy (non-hydrogen) atoms. The lowest BCUT2D eigenvalue weighted by Crippen LogP contribution is -2.59. The summed E-state index contributed by atoms with van der Waals surface area (Å²) >= 11 is 0. The molecule has 5 heteroatoms. The Morgan fingerprint density at radius 3 is 2.63 bits per heavy atom. The van der Waals surface area contributed by atoms with Gasteiger partial charge in [-0.05, 0) is 26.8 Å². The highest BCUT2D eigenvalue weighted by atomic mass is 16.5. The van der Waals surface area contributed by atoms with Gasteiger partial charge >= 0.3 is 0 Å². The van der Waals surface area contributed by atoms with Crippen LogP contribution in [0.15, 0.2) is 24.3 Å². The van der Waals surface area contributed by atoms with Gasteiger partial charge in [0, 0.05) is 11.6 Å². The second-order valence-electron chi connectivity index (χ2n) is 5.05. The minimum absolute atomic E-state index is 0.106. The van der Waals surface area contributed by atoms with Crippen LogP contribution in [0.25, 0.3) is 0 Å². The number of benzene rings is 1. The molecule has 106 valence electrons. The van der Waals surface area contributed by atoms with Crippen LogP contribution in [0, 0.1) is 0 Å². The predicted octanol–water partition coefficient (Wildman–Crippen LogP) is 0.800. The zero-order chi connectivity index (χ0) is 14.5. The minimum Gasteiger partial charge on any atom is -0.491 e. The van der Waals surface area contributed by atoms with Crippen molar-refractivity contribution in [2.45, 2.75) is 39.0 Å². The van der Waals surface area contributed by atoms with E-state index in [1.807, 2.05) is 26.0 Å². The number of ether oxygens (including phenoxy) is 1. The Labute approximate surface area is 113 Å². The molecule has 0 aromatic heterocycles. The number of rotatable bonds is 7. The first-order valence-corrected chi connectivity index (χ1v) is 6.28. The van der Waals surface area contributed by atoms with E-state index < -0.39 is 11.4 Å². The van der Waals surface area contributed by atoms with Gasteiger partial charge in [-0.2, -0.15) is 0 Å². The van der Waals surface area contributed by atoms with E-state index in [0.29, 0.717) is 11.3 Å². The first-order valence-electron chi connectivity index (χ1n) is 6.28. The van der Waals surface area contributed by atoms with E-state index in [-0.39, 0.29) is 19.3 Å². The Morgan fingerprint density at radius 2 is 2.11 bits per heavy atom. The lowest BCUT2D eigenvalue weighted by Gasteiger charge is -2.29. The molecule has 0 heterocycles. The highest BCUT2D eigenvalue weighted by Gasteiger charge is 2.32. The Kier molecular flexibility index (Phi) is 5.32. The number of aliphatic hydroxyl groups is 1. The zero-order valence-electron chi connectivity index (χ0n) is 11.6. The molecule has 0 aliphatic rings. The fourth-order valence-corrected chi connectivity index (χ4v) is 1.82. The summed E-state index contributed by atoms with van der Waals surface area (Å²) < 4.78 is 5.63. The van der Waals surface area contributed by atoms with Crippen molar-refractivity contribution in [3.63, 3.8) is 0 Å². The number of nitrogens with two attached hydrogens (primary N) is 1. The largest absolute Gasteiger partial charge is 0.491 e. The van der Waals surface area contributed by atoms with Gasteiger partial charge in [-0.1, -0.05) is 18.2 Å². The molecule has 0 spiro atoms. The molecule has 5 nitrogen and oxygen atoms in total. The van der Waals surface area contributed by atoms with Crippen LogP contribution in [-0.4, -0.2) is 29.2 Å². The molecule has 4 N–H and O–H groups in total. The molecule has 0 aliphatic heterocycles. The van der Waals surface area contributed by atoms with Crippen molar-refractivity contribution in [2.24, 2.45) is 5.73 Å². The maximum Gasteiger partial charge on any atom is 0.240 e. The van der Waals surface area contributed by atoms with Gasteiger partial charge in [0.2, 0.25) is 5.91 Å². The van der Waals surface area contributed by atoms with Gasteiger partial charge in [0.15, 0.2) is 0 Å². The molecule has 0 saturated carbocycles. The molecular formula is C14H22N2O3. The number of para-hydroxylation sites is 1. The summed E-state index contributed by atoms with van der Waals surface area (Å²) in [5, 5.41) is 12.3. The number of nitrogens with one attached hydrogen (secondary N) is 1. The topological polar surface area (TPSA) is 84.6 Å². The fourth-order valence-electron chi connectivity index (χ4n) is 1.82. The van der Waals surface area contributed by atoms with Gasteiger partial charge in [0.1, 0.15) is 17.9 Å². The number of carbonyl (C=O) groups is 1. The normalized spacial score (nSPS) is 14.2. The van der Waals surface area contributed by atoms with Gasteiger partial charge in [0.25, 0.3) is 0 Å². The van der Waals surface area contributed by atoms with Crippen LogP contribution < -0.4 is 15.8 Å². The minimum atomic E-state index is -0.948. The van der Waals surface area contributed by atoms with Crippen molar-refractivity contribution in [3.8, 4) is 5.75 Å². The van der Waals surface area contributed by atoms with Crippen molar-refractivity contribution < 1.29 is 14.6 Å². The van der Waals surface area contributed by atoms with Gasteiger partial charge in [0.05, 0.1) is 6.61 Å². The average molecular weight is 266 g/mol. The summed E-state index contributed by atoms with van der Waals surface area (Å²) in [4.78, 5) is 11.6. The summed E-state index contributed by atoms with van der Waals surface area (Å²) in [6.45, 7) is 5.57. The molecule has 1 rings (SSSR count). The SMILES string of the molecule is CC(C)NC(C)(COc1ccccc1CO)C(N)=O. The molecule has 0 fully saturated rings. The molecular weight excluding hydrogens is 244 g/mol.